The maximum atomic E-state index is 12.8. The number of carbonyl (C=O) groups is 2. The van der Waals surface area contributed by atoms with Crippen LogP contribution in [0.2, 0.25) is 0 Å². The Morgan fingerprint density at radius 2 is 1.95 bits per heavy atom. The van der Waals surface area contributed by atoms with Crippen molar-refractivity contribution in [2.24, 2.45) is 5.92 Å². The Balaban J connectivity index is 1.87. The molecule has 0 amide bonds. The normalized spacial score (nSPS) is 30.6. The molecule has 1 aliphatic carbocycles. The van der Waals surface area contributed by atoms with E-state index in [-0.39, 0.29) is 11.6 Å². The number of hydrogen-bond donors (Lipinski definition) is 1. The number of methoxy groups -OCH3 is 1. The fourth-order valence-corrected chi connectivity index (χ4v) is 3.23. The number of ether oxygens (including phenoxy) is 2. The van der Waals surface area contributed by atoms with Crippen LogP contribution in [-0.2, 0) is 9.53 Å². The van der Waals surface area contributed by atoms with Crippen molar-refractivity contribution in [1.29, 1.82) is 0 Å². The Labute approximate surface area is 129 Å². The molecule has 2 aliphatic rings. The molecule has 0 spiro atoms. The number of rotatable bonds is 5. The molecule has 1 aromatic carbocycles. The van der Waals surface area contributed by atoms with Crippen LogP contribution in [0.5, 0.6) is 5.75 Å². The van der Waals surface area contributed by atoms with E-state index >= 15 is 0 Å². The number of carbonyl (C=O) groups excluding carboxylic acids is 2. The minimum Gasteiger partial charge on any atom is -0.497 e. The first-order valence-electron chi connectivity index (χ1n) is 7.63. The summed E-state index contributed by atoms with van der Waals surface area (Å²) in [6.45, 7) is 0.405. The number of Topliss-reactive ketones (excluding diaryl/α,β-unsaturated/α-hetero) is 2. The average molecular weight is 304 g/mol. The molecule has 1 heterocycles. The molecule has 1 N–H and O–H groups in total. The second kappa shape index (κ2) is 5.82. The summed E-state index contributed by atoms with van der Waals surface area (Å²) in [4.78, 5) is 25.2. The number of epoxide rings is 1. The van der Waals surface area contributed by atoms with E-state index in [0.29, 0.717) is 30.8 Å². The molecule has 22 heavy (non-hydrogen) atoms. The van der Waals surface area contributed by atoms with Gasteiger partial charge in [0, 0.05) is 5.56 Å². The molecule has 3 atom stereocenters. The largest absolute Gasteiger partial charge is 0.497 e. The second-order valence-corrected chi connectivity index (χ2v) is 6.00. The van der Waals surface area contributed by atoms with Gasteiger partial charge in [0.05, 0.1) is 19.6 Å². The van der Waals surface area contributed by atoms with Crippen molar-refractivity contribution in [2.75, 3.05) is 13.7 Å². The van der Waals surface area contributed by atoms with Crippen molar-refractivity contribution in [3.63, 3.8) is 0 Å². The Hall–Kier alpha value is -1.72. The summed E-state index contributed by atoms with van der Waals surface area (Å²) in [5, 5.41) is 11.0. The van der Waals surface area contributed by atoms with Gasteiger partial charge >= 0.3 is 0 Å². The van der Waals surface area contributed by atoms with E-state index in [0.717, 1.165) is 12.8 Å². The van der Waals surface area contributed by atoms with Crippen LogP contribution in [0.1, 0.15) is 36.0 Å². The van der Waals surface area contributed by atoms with Crippen LogP contribution in [0, 0.1) is 5.92 Å². The zero-order valence-electron chi connectivity index (χ0n) is 12.6. The van der Waals surface area contributed by atoms with Crippen molar-refractivity contribution in [1.82, 2.24) is 0 Å². The van der Waals surface area contributed by atoms with Crippen LogP contribution in [0.3, 0.4) is 0 Å². The average Bonchev–Trinajstić information content (AvgIpc) is 3.39. The molecule has 2 fully saturated rings. The third-order valence-electron chi connectivity index (χ3n) is 4.62. The number of hydrogen-bond acceptors (Lipinski definition) is 5. The highest BCUT2D eigenvalue weighted by atomic mass is 16.6. The lowest BCUT2D eigenvalue weighted by atomic mass is 9.69. The predicted octanol–water partition coefficient (Wildman–Crippen LogP) is 1.77. The molecule has 1 saturated heterocycles. The Bertz CT molecular complexity index is 575. The zero-order valence-corrected chi connectivity index (χ0v) is 12.6. The maximum absolute atomic E-state index is 12.8. The van der Waals surface area contributed by atoms with E-state index in [1.165, 1.54) is 0 Å². The highest BCUT2D eigenvalue weighted by molar-refractivity contribution is 6.06. The fraction of sp³-hybridized carbons (Fsp3) is 0.529. The third kappa shape index (κ3) is 2.66. The standard InChI is InChI=1S/C17H20O5/c1-21-12-7-5-11(6-8-12)16(19)17(20)9-3-2-4-13(17)15(18)14-10-22-14/h5-8,13-14,20H,2-4,9-10H2,1H3. The lowest BCUT2D eigenvalue weighted by molar-refractivity contribution is -0.133. The van der Waals surface area contributed by atoms with E-state index in [1.807, 2.05) is 0 Å². The first kappa shape index (κ1) is 15.2. The lowest BCUT2D eigenvalue weighted by Crippen LogP contribution is -2.52. The molecule has 0 radical (unpaired) electrons. The number of ketones is 2. The Morgan fingerprint density at radius 3 is 2.55 bits per heavy atom. The van der Waals surface area contributed by atoms with Crippen molar-refractivity contribution in [3.05, 3.63) is 29.8 Å². The molecular formula is C17H20O5. The monoisotopic (exact) mass is 304 g/mol. The molecule has 5 nitrogen and oxygen atoms in total. The summed E-state index contributed by atoms with van der Waals surface area (Å²) < 4.78 is 10.1. The molecule has 3 unspecified atom stereocenters. The number of aliphatic hydroxyl groups is 1. The van der Waals surface area contributed by atoms with E-state index in [2.05, 4.69) is 0 Å². The summed E-state index contributed by atoms with van der Waals surface area (Å²) >= 11 is 0. The molecule has 1 saturated carbocycles. The topological polar surface area (TPSA) is 76.1 Å². The van der Waals surface area contributed by atoms with Crippen LogP contribution < -0.4 is 4.74 Å². The van der Waals surface area contributed by atoms with Crippen molar-refractivity contribution in [2.45, 2.75) is 37.4 Å². The van der Waals surface area contributed by atoms with E-state index in [1.54, 1.807) is 31.4 Å². The second-order valence-electron chi connectivity index (χ2n) is 6.00. The molecule has 118 valence electrons. The van der Waals surface area contributed by atoms with Gasteiger partial charge in [-0.15, -0.1) is 0 Å². The molecule has 1 aromatic rings. The van der Waals surface area contributed by atoms with E-state index in [4.69, 9.17) is 9.47 Å². The Morgan fingerprint density at radius 1 is 1.27 bits per heavy atom. The third-order valence-corrected chi connectivity index (χ3v) is 4.62. The molecule has 5 heteroatoms. The summed E-state index contributed by atoms with van der Waals surface area (Å²) in [5.41, 5.74) is -1.21. The van der Waals surface area contributed by atoms with Gasteiger partial charge in [0.2, 0.25) is 0 Å². The van der Waals surface area contributed by atoms with Gasteiger partial charge in [0.1, 0.15) is 17.5 Å². The van der Waals surface area contributed by atoms with Crippen LogP contribution >= 0.6 is 0 Å². The minimum atomic E-state index is -1.62. The van der Waals surface area contributed by atoms with Gasteiger partial charge in [-0.3, -0.25) is 9.59 Å². The SMILES string of the molecule is COc1ccc(C(=O)C2(O)CCCCC2C(=O)C2CO2)cc1. The van der Waals surface area contributed by atoms with Gasteiger partial charge in [-0.05, 0) is 37.1 Å². The van der Waals surface area contributed by atoms with Crippen molar-refractivity contribution < 1.29 is 24.2 Å². The van der Waals surface area contributed by atoms with Crippen molar-refractivity contribution >= 4 is 11.6 Å². The van der Waals surface area contributed by atoms with Crippen LogP contribution in [0.4, 0.5) is 0 Å². The first-order valence-corrected chi connectivity index (χ1v) is 7.63. The fourth-order valence-electron chi connectivity index (χ4n) is 3.23. The predicted molar refractivity (Wildman–Crippen MR) is 79.0 cm³/mol. The summed E-state index contributed by atoms with van der Waals surface area (Å²) in [6, 6.07) is 6.62. The molecular weight excluding hydrogens is 284 g/mol. The zero-order chi connectivity index (χ0) is 15.7. The van der Waals surface area contributed by atoms with Gasteiger partial charge < -0.3 is 14.6 Å². The lowest BCUT2D eigenvalue weighted by Gasteiger charge is -2.37. The summed E-state index contributed by atoms with van der Waals surface area (Å²) in [6.07, 6.45) is 2.02. The summed E-state index contributed by atoms with van der Waals surface area (Å²) in [7, 11) is 1.55. The van der Waals surface area contributed by atoms with Gasteiger partial charge in [-0.1, -0.05) is 12.8 Å². The molecule has 1 aliphatic heterocycles. The molecule has 0 aromatic heterocycles. The Kier molecular flexibility index (Phi) is 4.02. The van der Waals surface area contributed by atoms with Gasteiger partial charge in [0.25, 0.3) is 0 Å². The highest BCUT2D eigenvalue weighted by Crippen LogP contribution is 2.39. The molecule has 3 rings (SSSR count). The quantitative estimate of drug-likeness (QED) is 0.662. The van der Waals surface area contributed by atoms with E-state index < -0.39 is 17.6 Å². The van der Waals surface area contributed by atoms with Crippen LogP contribution in [0.15, 0.2) is 24.3 Å². The highest BCUT2D eigenvalue weighted by Gasteiger charge is 2.52. The van der Waals surface area contributed by atoms with Crippen molar-refractivity contribution in [3.8, 4) is 5.75 Å². The van der Waals surface area contributed by atoms with Crippen LogP contribution in [0.25, 0.3) is 0 Å². The minimum absolute atomic E-state index is 0.135. The van der Waals surface area contributed by atoms with Gasteiger partial charge in [-0.25, -0.2) is 0 Å². The maximum Gasteiger partial charge on any atom is 0.195 e. The van der Waals surface area contributed by atoms with Gasteiger partial charge in [-0.2, -0.15) is 0 Å². The smallest absolute Gasteiger partial charge is 0.195 e. The first-order chi connectivity index (χ1) is 10.6. The van der Waals surface area contributed by atoms with Gasteiger partial charge in [0.15, 0.2) is 11.6 Å². The summed E-state index contributed by atoms with van der Waals surface area (Å²) in [5.74, 6) is -0.535. The number of benzene rings is 1. The molecule has 0 bridgehead atoms. The van der Waals surface area contributed by atoms with Crippen LogP contribution in [-0.4, -0.2) is 42.1 Å². The van der Waals surface area contributed by atoms with E-state index in [9.17, 15) is 14.7 Å².